The van der Waals surface area contributed by atoms with Crippen molar-refractivity contribution in [2.45, 2.75) is 6.42 Å². The Morgan fingerprint density at radius 2 is 1.88 bits per heavy atom. The highest BCUT2D eigenvalue weighted by molar-refractivity contribution is 5.89. The zero-order chi connectivity index (χ0) is 16.9. The Bertz CT molecular complexity index is 706. The largest absolute Gasteiger partial charge is 0.371 e. The summed E-state index contributed by atoms with van der Waals surface area (Å²) in [4.78, 5) is 14.0. The summed E-state index contributed by atoms with van der Waals surface area (Å²) in [6, 6.07) is 12.0. The summed E-state index contributed by atoms with van der Waals surface area (Å²) in [5.41, 5.74) is 1.14. The molecular formula is C18H19F2N3O. The van der Waals surface area contributed by atoms with Crippen molar-refractivity contribution in [3.05, 3.63) is 60.2 Å². The lowest BCUT2D eigenvalue weighted by atomic mass is 10.1. The van der Waals surface area contributed by atoms with E-state index in [9.17, 15) is 13.6 Å². The maximum absolute atomic E-state index is 13.5. The molecule has 2 aromatic carbocycles. The first-order valence-corrected chi connectivity index (χ1v) is 7.92. The normalized spacial score (nSPS) is 16.9. The average Bonchev–Trinajstić information content (AvgIpc) is 3.05. The van der Waals surface area contributed by atoms with Gasteiger partial charge in [0, 0.05) is 25.3 Å². The van der Waals surface area contributed by atoms with E-state index in [-0.39, 0.29) is 11.5 Å². The highest BCUT2D eigenvalue weighted by Crippen LogP contribution is 2.23. The maximum atomic E-state index is 13.5. The van der Waals surface area contributed by atoms with Gasteiger partial charge in [0.15, 0.2) is 0 Å². The van der Waals surface area contributed by atoms with Crippen LogP contribution in [0.2, 0.25) is 0 Å². The van der Waals surface area contributed by atoms with Crippen molar-refractivity contribution in [2.24, 2.45) is 5.92 Å². The van der Waals surface area contributed by atoms with Gasteiger partial charge in [-0.1, -0.05) is 12.1 Å². The topological polar surface area (TPSA) is 44.4 Å². The van der Waals surface area contributed by atoms with Gasteiger partial charge < -0.3 is 15.5 Å². The van der Waals surface area contributed by atoms with E-state index in [2.05, 4.69) is 15.5 Å². The average molecular weight is 331 g/mol. The Morgan fingerprint density at radius 1 is 1.12 bits per heavy atom. The lowest BCUT2D eigenvalue weighted by Gasteiger charge is -2.19. The molecule has 0 bridgehead atoms. The van der Waals surface area contributed by atoms with E-state index >= 15 is 0 Å². The monoisotopic (exact) mass is 331 g/mol. The summed E-state index contributed by atoms with van der Waals surface area (Å²) in [5, 5.41) is 5.28. The van der Waals surface area contributed by atoms with Crippen molar-refractivity contribution in [3.8, 4) is 0 Å². The molecule has 24 heavy (non-hydrogen) atoms. The molecule has 1 heterocycles. The molecule has 0 saturated carbocycles. The Labute approximate surface area is 139 Å². The van der Waals surface area contributed by atoms with E-state index in [1.807, 2.05) is 0 Å². The van der Waals surface area contributed by atoms with Crippen molar-refractivity contribution in [3.63, 3.8) is 0 Å². The standard InChI is InChI=1S/C18H19F2N3O/c19-14-5-7-15(8-6-14)23-10-9-13(12-23)11-21-18(24)22-17-4-2-1-3-16(17)20/h1-8,13H,9-12H2,(H2,21,22,24)/t13-/m0/s1. The number of amides is 2. The maximum Gasteiger partial charge on any atom is 0.319 e. The first-order valence-electron chi connectivity index (χ1n) is 7.92. The second kappa shape index (κ2) is 7.29. The van der Waals surface area contributed by atoms with Crippen molar-refractivity contribution < 1.29 is 13.6 Å². The van der Waals surface area contributed by atoms with E-state index in [1.165, 1.54) is 24.3 Å². The van der Waals surface area contributed by atoms with Gasteiger partial charge in [0.25, 0.3) is 0 Å². The lowest BCUT2D eigenvalue weighted by Crippen LogP contribution is -2.34. The zero-order valence-corrected chi connectivity index (χ0v) is 13.1. The Balaban J connectivity index is 1.47. The van der Waals surface area contributed by atoms with Crippen LogP contribution in [-0.2, 0) is 0 Å². The van der Waals surface area contributed by atoms with E-state index < -0.39 is 11.8 Å². The Kier molecular flexibility index (Phi) is 4.93. The van der Waals surface area contributed by atoms with Gasteiger partial charge >= 0.3 is 6.03 Å². The van der Waals surface area contributed by atoms with Gasteiger partial charge in [-0.05, 0) is 48.7 Å². The first kappa shape index (κ1) is 16.2. The number of nitrogens with one attached hydrogen (secondary N) is 2. The van der Waals surface area contributed by atoms with Crippen LogP contribution in [0.5, 0.6) is 0 Å². The van der Waals surface area contributed by atoms with E-state index in [0.29, 0.717) is 12.5 Å². The molecule has 6 heteroatoms. The summed E-state index contributed by atoms with van der Waals surface area (Å²) in [7, 11) is 0. The summed E-state index contributed by atoms with van der Waals surface area (Å²) >= 11 is 0. The fraction of sp³-hybridized carbons (Fsp3) is 0.278. The van der Waals surface area contributed by atoms with Crippen LogP contribution in [0.3, 0.4) is 0 Å². The van der Waals surface area contributed by atoms with Gasteiger partial charge in [0.2, 0.25) is 0 Å². The molecule has 2 amide bonds. The van der Waals surface area contributed by atoms with Gasteiger partial charge in [0.1, 0.15) is 11.6 Å². The fourth-order valence-corrected chi connectivity index (χ4v) is 2.85. The van der Waals surface area contributed by atoms with Crippen LogP contribution in [0.1, 0.15) is 6.42 Å². The summed E-state index contributed by atoms with van der Waals surface area (Å²) in [5.74, 6) is -0.404. The van der Waals surface area contributed by atoms with Crippen LogP contribution in [0, 0.1) is 17.6 Å². The molecular weight excluding hydrogens is 312 g/mol. The molecule has 1 saturated heterocycles. The highest BCUT2D eigenvalue weighted by atomic mass is 19.1. The van der Waals surface area contributed by atoms with Crippen LogP contribution >= 0.6 is 0 Å². The van der Waals surface area contributed by atoms with E-state index in [0.717, 1.165) is 25.2 Å². The number of nitrogens with zero attached hydrogens (tertiary/aromatic N) is 1. The van der Waals surface area contributed by atoms with Gasteiger partial charge in [-0.25, -0.2) is 13.6 Å². The molecule has 2 N–H and O–H groups in total. The van der Waals surface area contributed by atoms with Gasteiger partial charge in [-0.3, -0.25) is 0 Å². The second-order valence-corrected chi connectivity index (χ2v) is 5.89. The smallest absolute Gasteiger partial charge is 0.319 e. The highest BCUT2D eigenvalue weighted by Gasteiger charge is 2.23. The number of para-hydroxylation sites is 1. The third-order valence-electron chi connectivity index (χ3n) is 4.15. The van der Waals surface area contributed by atoms with Crippen LogP contribution < -0.4 is 15.5 Å². The number of carbonyl (C=O) groups excluding carboxylic acids is 1. The van der Waals surface area contributed by atoms with E-state index in [4.69, 9.17) is 0 Å². The molecule has 126 valence electrons. The molecule has 0 aliphatic carbocycles. The third kappa shape index (κ3) is 4.01. The molecule has 0 unspecified atom stereocenters. The number of carbonyl (C=O) groups is 1. The summed E-state index contributed by atoms with van der Waals surface area (Å²) in [6.45, 7) is 2.18. The molecule has 1 aliphatic heterocycles. The number of anilines is 2. The van der Waals surface area contributed by atoms with Crippen LogP contribution in [0.4, 0.5) is 25.0 Å². The Hall–Kier alpha value is -2.63. The molecule has 1 aliphatic rings. The fourth-order valence-electron chi connectivity index (χ4n) is 2.85. The minimum Gasteiger partial charge on any atom is -0.371 e. The SMILES string of the molecule is O=C(NC[C@@H]1CCN(c2ccc(F)cc2)C1)Nc1ccccc1F. The minimum atomic E-state index is -0.462. The minimum absolute atomic E-state index is 0.161. The summed E-state index contributed by atoms with van der Waals surface area (Å²) < 4.78 is 26.5. The van der Waals surface area contributed by atoms with Gasteiger partial charge in [-0.15, -0.1) is 0 Å². The summed E-state index contributed by atoms with van der Waals surface area (Å²) in [6.07, 6.45) is 0.942. The molecule has 0 radical (unpaired) electrons. The van der Waals surface area contributed by atoms with Crippen LogP contribution in [0.25, 0.3) is 0 Å². The molecule has 1 atom stereocenters. The van der Waals surface area contributed by atoms with Crippen molar-refractivity contribution in [1.82, 2.24) is 5.32 Å². The molecule has 2 aromatic rings. The zero-order valence-electron chi connectivity index (χ0n) is 13.1. The Morgan fingerprint density at radius 3 is 2.62 bits per heavy atom. The van der Waals surface area contributed by atoms with Crippen LogP contribution in [0.15, 0.2) is 48.5 Å². The second-order valence-electron chi connectivity index (χ2n) is 5.89. The number of urea groups is 1. The predicted octanol–water partition coefficient (Wildman–Crippen LogP) is 3.61. The van der Waals surface area contributed by atoms with Crippen molar-refractivity contribution in [2.75, 3.05) is 29.9 Å². The predicted molar refractivity (Wildman–Crippen MR) is 90.1 cm³/mol. The number of halogens is 2. The first-order chi connectivity index (χ1) is 11.6. The number of rotatable bonds is 4. The number of hydrogen-bond acceptors (Lipinski definition) is 2. The van der Waals surface area contributed by atoms with E-state index in [1.54, 1.807) is 24.3 Å². The third-order valence-corrected chi connectivity index (χ3v) is 4.15. The quantitative estimate of drug-likeness (QED) is 0.899. The van der Waals surface area contributed by atoms with Crippen molar-refractivity contribution in [1.29, 1.82) is 0 Å². The molecule has 4 nitrogen and oxygen atoms in total. The molecule has 0 spiro atoms. The van der Waals surface area contributed by atoms with Crippen LogP contribution in [-0.4, -0.2) is 25.7 Å². The van der Waals surface area contributed by atoms with Gasteiger partial charge in [-0.2, -0.15) is 0 Å². The van der Waals surface area contributed by atoms with Crippen molar-refractivity contribution >= 4 is 17.4 Å². The molecule has 1 fully saturated rings. The number of hydrogen-bond donors (Lipinski definition) is 2. The number of benzene rings is 2. The lowest BCUT2D eigenvalue weighted by molar-refractivity contribution is 0.250. The van der Waals surface area contributed by atoms with Gasteiger partial charge in [0.05, 0.1) is 5.69 Å². The molecule has 3 rings (SSSR count). The molecule has 0 aromatic heterocycles.